The first-order chi connectivity index (χ1) is 10.5. The minimum Gasteiger partial charge on any atom is -0.394 e. The van der Waals surface area contributed by atoms with Crippen molar-refractivity contribution in [3.63, 3.8) is 0 Å². The van der Waals surface area contributed by atoms with E-state index in [1.54, 1.807) is 0 Å². The van der Waals surface area contributed by atoms with Crippen LogP contribution in [0.4, 0.5) is 0 Å². The summed E-state index contributed by atoms with van der Waals surface area (Å²) in [7, 11) is 0. The highest BCUT2D eigenvalue weighted by Gasteiger charge is 2.44. The maximum absolute atomic E-state index is 10.9. The lowest BCUT2D eigenvalue weighted by atomic mass is 10.1. The van der Waals surface area contributed by atoms with E-state index in [9.17, 15) is 15.0 Å². The van der Waals surface area contributed by atoms with E-state index in [2.05, 4.69) is 15.2 Å². The summed E-state index contributed by atoms with van der Waals surface area (Å²) >= 11 is 0. The molecule has 0 radical (unpaired) electrons. The quantitative estimate of drug-likeness (QED) is 0.482. The maximum Gasteiger partial charge on any atom is 0.287 e. The van der Waals surface area contributed by atoms with Gasteiger partial charge in [-0.25, -0.2) is 9.67 Å². The highest BCUT2D eigenvalue weighted by Crippen LogP contribution is 2.29. The molecular weight excluding hydrogens is 298 g/mol. The number of hydrogen-bond donors (Lipinski definition) is 4. The lowest BCUT2D eigenvalue weighted by Gasteiger charge is -2.13. The Morgan fingerprint density at radius 2 is 2.18 bits per heavy atom. The second-order valence-corrected chi connectivity index (χ2v) is 4.72. The number of carbonyl (C=O) groups excluding carboxylic acids is 1. The predicted molar refractivity (Wildman–Crippen MR) is 67.0 cm³/mol. The molecule has 11 heteroatoms. The first-order valence-corrected chi connectivity index (χ1v) is 6.31. The van der Waals surface area contributed by atoms with Crippen LogP contribution in [0.1, 0.15) is 16.8 Å². The van der Waals surface area contributed by atoms with Crippen molar-refractivity contribution in [1.82, 2.24) is 19.9 Å². The number of ether oxygens (including phenoxy) is 1. The van der Waals surface area contributed by atoms with Crippen molar-refractivity contribution < 1.29 is 29.4 Å². The van der Waals surface area contributed by atoms with Gasteiger partial charge >= 0.3 is 0 Å². The van der Waals surface area contributed by atoms with Crippen LogP contribution in [0.5, 0.6) is 0 Å². The first-order valence-electron chi connectivity index (χ1n) is 6.31. The van der Waals surface area contributed by atoms with Gasteiger partial charge in [-0.3, -0.25) is 4.79 Å². The summed E-state index contributed by atoms with van der Waals surface area (Å²) in [5.74, 6) is -0.796. The van der Waals surface area contributed by atoms with Gasteiger partial charge in [-0.1, -0.05) is 5.16 Å². The fourth-order valence-electron chi connectivity index (χ4n) is 2.11. The van der Waals surface area contributed by atoms with Crippen molar-refractivity contribution >= 4 is 5.91 Å². The molecule has 118 valence electrons. The van der Waals surface area contributed by atoms with Crippen LogP contribution in [0.25, 0.3) is 11.5 Å². The molecule has 1 aliphatic rings. The van der Waals surface area contributed by atoms with Crippen LogP contribution in [-0.2, 0) is 4.74 Å². The smallest absolute Gasteiger partial charge is 0.287 e. The summed E-state index contributed by atoms with van der Waals surface area (Å²) in [6.45, 7) is -0.443. The van der Waals surface area contributed by atoms with Gasteiger partial charge in [-0.15, -0.1) is 5.10 Å². The molecule has 11 nitrogen and oxygen atoms in total. The Balaban J connectivity index is 1.83. The van der Waals surface area contributed by atoms with Gasteiger partial charge in [0.25, 0.3) is 5.91 Å². The number of hydrogen-bond acceptors (Lipinski definition) is 9. The second-order valence-electron chi connectivity index (χ2n) is 4.72. The summed E-state index contributed by atoms with van der Waals surface area (Å²) in [4.78, 5) is 14.9. The number of aliphatic hydroxyl groups is 3. The second kappa shape index (κ2) is 5.46. The average molecular weight is 311 g/mol. The summed E-state index contributed by atoms with van der Waals surface area (Å²) in [6.07, 6.45) is -3.17. The molecule has 1 fully saturated rings. The molecule has 2 aromatic heterocycles. The SMILES string of the molecule is NC(=O)c1cc(-c2ncn([C@@H]3O[C@H](CO)C(O)[C@@H]3O)n2)no1. The van der Waals surface area contributed by atoms with Gasteiger partial charge < -0.3 is 30.3 Å². The molecule has 5 N–H and O–H groups in total. The molecular formula is C11H13N5O6. The number of rotatable bonds is 4. The van der Waals surface area contributed by atoms with Crippen molar-refractivity contribution in [3.05, 3.63) is 18.2 Å². The molecule has 0 aromatic carbocycles. The van der Waals surface area contributed by atoms with E-state index in [0.717, 1.165) is 0 Å². The number of nitrogens with two attached hydrogens (primary N) is 1. The number of nitrogens with zero attached hydrogens (tertiary/aromatic N) is 4. The van der Waals surface area contributed by atoms with Crippen LogP contribution >= 0.6 is 0 Å². The topological polar surface area (TPSA) is 170 Å². The third-order valence-corrected chi connectivity index (χ3v) is 3.27. The molecule has 1 saturated heterocycles. The van der Waals surface area contributed by atoms with E-state index in [0.29, 0.717) is 0 Å². The number of amides is 1. The molecule has 4 atom stereocenters. The molecule has 0 aliphatic carbocycles. The van der Waals surface area contributed by atoms with E-state index in [1.807, 2.05) is 0 Å². The zero-order chi connectivity index (χ0) is 15.9. The summed E-state index contributed by atoms with van der Waals surface area (Å²) in [6, 6.07) is 1.28. The Kier molecular flexibility index (Phi) is 3.62. The van der Waals surface area contributed by atoms with E-state index in [1.165, 1.54) is 17.1 Å². The van der Waals surface area contributed by atoms with Crippen molar-refractivity contribution in [1.29, 1.82) is 0 Å². The van der Waals surface area contributed by atoms with Gasteiger partial charge in [-0.2, -0.15) is 0 Å². The number of aliphatic hydroxyl groups excluding tert-OH is 3. The highest BCUT2D eigenvalue weighted by molar-refractivity contribution is 5.90. The molecule has 1 amide bonds. The largest absolute Gasteiger partial charge is 0.394 e. The van der Waals surface area contributed by atoms with Gasteiger partial charge in [0.2, 0.25) is 11.6 Å². The van der Waals surface area contributed by atoms with Crippen molar-refractivity contribution in [3.8, 4) is 11.5 Å². The molecule has 0 saturated carbocycles. The van der Waals surface area contributed by atoms with Gasteiger partial charge in [0.15, 0.2) is 11.9 Å². The Bertz CT molecular complexity index is 684. The zero-order valence-corrected chi connectivity index (χ0v) is 11.1. The van der Waals surface area contributed by atoms with E-state index >= 15 is 0 Å². The highest BCUT2D eigenvalue weighted by atomic mass is 16.6. The molecule has 1 unspecified atom stereocenters. The van der Waals surface area contributed by atoms with Crippen LogP contribution in [0, 0.1) is 0 Å². The standard InChI is InChI=1S/C11H13N5O6/c12-9(20)5-1-4(15-22-5)10-13-3-16(14-10)11-8(19)7(18)6(2-17)21-11/h1,3,6-8,11,17-19H,2H2,(H2,12,20)/t6-,7?,8+,11-/m1/s1. The molecule has 3 heterocycles. The monoisotopic (exact) mass is 311 g/mol. The molecule has 0 bridgehead atoms. The average Bonchev–Trinajstić information content (AvgIpc) is 3.19. The Morgan fingerprint density at radius 3 is 2.77 bits per heavy atom. The fraction of sp³-hybridized carbons (Fsp3) is 0.455. The lowest BCUT2D eigenvalue weighted by molar-refractivity contribution is -0.0587. The Hall–Kier alpha value is -2.34. The Morgan fingerprint density at radius 1 is 1.41 bits per heavy atom. The summed E-state index contributed by atoms with van der Waals surface area (Å²) < 4.78 is 11.2. The Labute approximate surface area is 122 Å². The first kappa shape index (κ1) is 14.6. The number of aromatic nitrogens is 4. The summed E-state index contributed by atoms with van der Waals surface area (Å²) in [5, 5.41) is 36.3. The molecule has 3 rings (SSSR count). The summed E-state index contributed by atoms with van der Waals surface area (Å²) in [5.41, 5.74) is 5.23. The predicted octanol–water partition coefficient (Wildman–Crippen LogP) is -2.36. The van der Waals surface area contributed by atoms with Crippen LogP contribution in [0.3, 0.4) is 0 Å². The van der Waals surface area contributed by atoms with Gasteiger partial charge in [0.1, 0.15) is 24.6 Å². The zero-order valence-electron chi connectivity index (χ0n) is 11.1. The van der Waals surface area contributed by atoms with E-state index < -0.39 is 37.1 Å². The van der Waals surface area contributed by atoms with E-state index in [-0.39, 0.29) is 17.3 Å². The minimum atomic E-state index is -1.27. The van der Waals surface area contributed by atoms with Gasteiger partial charge in [0, 0.05) is 6.07 Å². The van der Waals surface area contributed by atoms with Gasteiger partial charge in [-0.05, 0) is 0 Å². The van der Waals surface area contributed by atoms with Crippen LogP contribution < -0.4 is 5.73 Å². The fourth-order valence-corrected chi connectivity index (χ4v) is 2.11. The van der Waals surface area contributed by atoms with Crippen LogP contribution in [0.15, 0.2) is 16.9 Å². The number of carbonyl (C=O) groups is 1. The van der Waals surface area contributed by atoms with Gasteiger partial charge in [0.05, 0.1) is 6.61 Å². The molecule has 0 spiro atoms. The molecule has 22 heavy (non-hydrogen) atoms. The lowest BCUT2D eigenvalue weighted by Crippen LogP contribution is -2.33. The molecule has 2 aromatic rings. The van der Waals surface area contributed by atoms with E-state index in [4.69, 9.17) is 20.1 Å². The van der Waals surface area contributed by atoms with Crippen molar-refractivity contribution in [2.45, 2.75) is 24.5 Å². The third-order valence-electron chi connectivity index (χ3n) is 3.27. The van der Waals surface area contributed by atoms with Crippen LogP contribution in [0.2, 0.25) is 0 Å². The van der Waals surface area contributed by atoms with Crippen molar-refractivity contribution in [2.75, 3.05) is 6.61 Å². The van der Waals surface area contributed by atoms with Crippen LogP contribution in [-0.4, -0.2) is 66.1 Å². The number of primary amides is 1. The minimum absolute atomic E-state index is 0.119. The van der Waals surface area contributed by atoms with Crippen molar-refractivity contribution in [2.24, 2.45) is 5.73 Å². The normalized spacial score (nSPS) is 28.1. The third kappa shape index (κ3) is 2.35. The molecule has 1 aliphatic heterocycles. The maximum atomic E-state index is 10.9.